The number of methoxy groups -OCH3 is 1. The lowest BCUT2D eigenvalue weighted by Crippen LogP contribution is -2.16. The molecule has 1 aromatic heterocycles. The number of rotatable bonds is 6. The highest BCUT2D eigenvalue weighted by molar-refractivity contribution is 7.92. The van der Waals surface area contributed by atoms with Gasteiger partial charge in [-0.25, -0.2) is 17.8 Å². The number of benzene rings is 2. The SMILES string of the molecule is COc1ccc(NC(=O)c2cccc(S(=O)(=O)Nc3ccccc3F)c2)cn1. The molecule has 28 heavy (non-hydrogen) atoms. The Morgan fingerprint density at radius 1 is 1.07 bits per heavy atom. The maximum atomic E-state index is 13.7. The van der Waals surface area contributed by atoms with E-state index in [-0.39, 0.29) is 16.1 Å². The van der Waals surface area contributed by atoms with Crippen molar-refractivity contribution in [3.8, 4) is 5.88 Å². The second-order valence-corrected chi connectivity index (χ2v) is 7.34. The highest BCUT2D eigenvalue weighted by atomic mass is 32.2. The van der Waals surface area contributed by atoms with Crippen LogP contribution in [-0.4, -0.2) is 26.4 Å². The number of para-hydroxylation sites is 1. The van der Waals surface area contributed by atoms with Crippen molar-refractivity contribution in [1.29, 1.82) is 0 Å². The Bertz CT molecular complexity index is 1100. The lowest BCUT2D eigenvalue weighted by molar-refractivity contribution is 0.102. The number of aromatic nitrogens is 1. The van der Waals surface area contributed by atoms with Gasteiger partial charge in [0.05, 0.1) is 29.6 Å². The van der Waals surface area contributed by atoms with Crippen molar-refractivity contribution in [3.63, 3.8) is 0 Å². The minimum atomic E-state index is -4.07. The molecular weight excluding hydrogens is 385 g/mol. The summed E-state index contributed by atoms with van der Waals surface area (Å²) in [4.78, 5) is 16.2. The Hall–Kier alpha value is -3.46. The second-order valence-electron chi connectivity index (χ2n) is 5.66. The number of carbonyl (C=O) groups is 1. The van der Waals surface area contributed by atoms with Crippen LogP contribution in [0.4, 0.5) is 15.8 Å². The molecule has 0 fully saturated rings. The first-order valence-corrected chi connectivity index (χ1v) is 9.56. The van der Waals surface area contributed by atoms with Gasteiger partial charge >= 0.3 is 0 Å². The predicted octanol–water partition coefficient (Wildman–Crippen LogP) is 3.28. The van der Waals surface area contributed by atoms with E-state index < -0.39 is 21.7 Å². The van der Waals surface area contributed by atoms with Gasteiger partial charge in [0.1, 0.15) is 5.82 Å². The van der Waals surface area contributed by atoms with Gasteiger partial charge in [0.15, 0.2) is 0 Å². The number of ether oxygens (including phenoxy) is 1. The minimum absolute atomic E-state index is 0.118. The van der Waals surface area contributed by atoms with Crippen molar-refractivity contribution < 1.29 is 22.3 Å². The number of hydrogen-bond donors (Lipinski definition) is 2. The summed E-state index contributed by atoms with van der Waals surface area (Å²) in [5, 5.41) is 2.61. The first kappa shape index (κ1) is 19.3. The molecule has 7 nitrogen and oxygen atoms in total. The molecule has 0 saturated heterocycles. The number of nitrogens with zero attached hydrogens (tertiary/aromatic N) is 1. The molecule has 0 bridgehead atoms. The normalized spacial score (nSPS) is 10.9. The summed E-state index contributed by atoms with van der Waals surface area (Å²) >= 11 is 0. The fourth-order valence-electron chi connectivity index (χ4n) is 2.33. The molecule has 0 aliphatic carbocycles. The van der Waals surface area contributed by atoms with E-state index in [1.54, 1.807) is 12.1 Å². The Kier molecular flexibility index (Phi) is 5.55. The molecule has 144 valence electrons. The van der Waals surface area contributed by atoms with Gasteiger partial charge in [-0.15, -0.1) is 0 Å². The van der Waals surface area contributed by atoms with Crippen molar-refractivity contribution in [2.24, 2.45) is 0 Å². The number of hydrogen-bond acceptors (Lipinski definition) is 5. The highest BCUT2D eigenvalue weighted by Gasteiger charge is 2.18. The molecule has 3 aromatic rings. The monoisotopic (exact) mass is 401 g/mol. The number of anilines is 2. The van der Waals surface area contributed by atoms with Gasteiger partial charge in [-0.2, -0.15) is 0 Å². The lowest BCUT2D eigenvalue weighted by atomic mass is 10.2. The topological polar surface area (TPSA) is 97.4 Å². The van der Waals surface area contributed by atoms with Crippen LogP contribution in [0.5, 0.6) is 5.88 Å². The van der Waals surface area contributed by atoms with Crippen LogP contribution in [0.1, 0.15) is 10.4 Å². The van der Waals surface area contributed by atoms with Crippen LogP contribution in [-0.2, 0) is 10.0 Å². The molecule has 0 radical (unpaired) electrons. The summed E-state index contributed by atoms with van der Waals surface area (Å²) in [6, 6.07) is 14.0. The van der Waals surface area contributed by atoms with Crippen molar-refractivity contribution >= 4 is 27.3 Å². The maximum Gasteiger partial charge on any atom is 0.262 e. The summed E-state index contributed by atoms with van der Waals surface area (Å²) < 4.78 is 45.9. The van der Waals surface area contributed by atoms with Crippen LogP contribution in [0.2, 0.25) is 0 Å². The Morgan fingerprint density at radius 2 is 1.86 bits per heavy atom. The van der Waals surface area contributed by atoms with Crippen molar-refractivity contribution in [1.82, 2.24) is 4.98 Å². The third kappa shape index (κ3) is 4.44. The predicted molar refractivity (Wildman–Crippen MR) is 102 cm³/mol. The summed E-state index contributed by atoms with van der Waals surface area (Å²) in [6.07, 6.45) is 1.41. The summed E-state index contributed by atoms with van der Waals surface area (Å²) in [7, 11) is -2.60. The van der Waals surface area contributed by atoms with E-state index in [9.17, 15) is 17.6 Å². The van der Waals surface area contributed by atoms with Gasteiger partial charge < -0.3 is 10.1 Å². The Morgan fingerprint density at radius 3 is 2.54 bits per heavy atom. The number of sulfonamides is 1. The first-order valence-electron chi connectivity index (χ1n) is 8.08. The molecule has 0 saturated carbocycles. The van der Waals surface area contributed by atoms with E-state index in [0.29, 0.717) is 11.6 Å². The number of amides is 1. The van der Waals surface area contributed by atoms with E-state index >= 15 is 0 Å². The zero-order valence-corrected chi connectivity index (χ0v) is 15.5. The van der Waals surface area contributed by atoms with Gasteiger partial charge in [0, 0.05) is 11.6 Å². The zero-order chi connectivity index (χ0) is 20.1. The van der Waals surface area contributed by atoms with Crippen LogP contribution in [0, 0.1) is 5.82 Å². The standard InChI is InChI=1S/C19H16FN3O4S/c1-27-18-10-9-14(12-21-18)22-19(24)13-5-4-6-15(11-13)28(25,26)23-17-8-3-2-7-16(17)20/h2-12,23H,1H3,(H,22,24). The molecule has 3 rings (SSSR count). The number of pyridine rings is 1. The number of carbonyl (C=O) groups excluding carboxylic acids is 1. The van der Waals surface area contributed by atoms with Gasteiger partial charge in [0.2, 0.25) is 5.88 Å². The Labute approximate surface area is 161 Å². The van der Waals surface area contributed by atoms with Gasteiger partial charge in [-0.3, -0.25) is 9.52 Å². The van der Waals surface area contributed by atoms with Crippen LogP contribution < -0.4 is 14.8 Å². The molecule has 1 amide bonds. The van der Waals surface area contributed by atoms with E-state index in [4.69, 9.17) is 4.74 Å². The second kappa shape index (κ2) is 8.05. The summed E-state index contributed by atoms with van der Waals surface area (Å²) in [5.74, 6) is -0.827. The Balaban J connectivity index is 1.80. The zero-order valence-electron chi connectivity index (χ0n) is 14.7. The highest BCUT2D eigenvalue weighted by Crippen LogP contribution is 2.20. The minimum Gasteiger partial charge on any atom is -0.481 e. The van der Waals surface area contributed by atoms with Crippen LogP contribution in [0.25, 0.3) is 0 Å². The molecule has 0 atom stereocenters. The fourth-order valence-corrected chi connectivity index (χ4v) is 3.44. The van der Waals surface area contributed by atoms with Crippen molar-refractivity contribution in [2.75, 3.05) is 17.1 Å². The summed E-state index contributed by atoms with van der Waals surface area (Å²) in [6.45, 7) is 0. The van der Waals surface area contributed by atoms with Crippen LogP contribution in [0.3, 0.4) is 0 Å². The van der Waals surface area contributed by atoms with Crippen molar-refractivity contribution in [2.45, 2.75) is 4.90 Å². The third-order valence-electron chi connectivity index (χ3n) is 3.73. The summed E-state index contributed by atoms with van der Waals surface area (Å²) in [5.41, 5.74) is 0.359. The molecule has 0 aliphatic heterocycles. The smallest absolute Gasteiger partial charge is 0.262 e. The van der Waals surface area contributed by atoms with Crippen LogP contribution in [0.15, 0.2) is 71.8 Å². The van der Waals surface area contributed by atoms with E-state index in [1.165, 1.54) is 55.8 Å². The van der Waals surface area contributed by atoms with E-state index in [1.807, 2.05) is 0 Å². The fraction of sp³-hybridized carbons (Fsp3) is 0.0526. The average Bonchev–Trinajstić information content (AvgIpc) is 2.70. The maximum absolute atomic E-state index is 13.7. The largest absolute Gasteiger partial charge is 0.481 e. The average molecular weight is 401 g/mol. The first-order chi connectivity index (χ1) is 13.4. The third-order valence-corrected chi connectivity index (χ3v) is 5.09. The molecule has 0 spiro atoms. The van der Waals surface area contributed by atoms with E-state index in [0.717, 1.165) is 6.07 Å². The molecular formula is C19H16FN3O4S. The molecule has 9 heteroatoms. The lowest BCUT2D eigenvalue weighted by Gasteiger charge is -2.10. The quantitative estimate of drug-likeness (QED) is 0.661. The molecule has 0 unspecified atom stereocenters. The van der Waals surface area contributed by atoms with E-state index in [2.05, 4.69) is 15.0 Å². The van der Waals surface area contributed by atoms with Gasteiger partial charge in [-0.05, 0) is 36.4 Å². The number of halogens is 1. The van der Waals surface area contributed by atoms with Crippen molar-refractivity contribution in [3.05, 3.63) is 78.2 Å². The molecule has 2 aromatic carbocycles. The number of nitrogens with one attached hydrogen (secondary N) is 2. The molecule has 0 aliphatic rings. The van der Waals surface area contributed by atoms with Gasteiger partial charge in [0.25, 0.3) is 15.9 Å². The van der Waals surface area contributed by atoms with Gasteiger partial charge in [-0.1, -0.05) is 18.2 Å². The van der Waals surface area contributed by atoms with Crippen LogP contribution >= 0.6 is 0 Å². The molecule has 2 N–H and O–H groups in total. The molecule has 1 heterocycles.